The Morgan fingerprint density at radius 1 is 1.09 bits per heavy atom. The lowest BCUT2D eigenvalue weighted by atomic mass is 9.90. The van der Waals surface area contributed by atoms with Crippen LogP contribution in [-0.2, 0) is 0 Å². The molecule has 0 aromatic heterocycles. The van der Waals surface area contributed by atoms with Crippen molar-refractivity contribution in [3.8, 4) is 0 Å². The summed E-state index contributed by atoms with van der Waals surface area (Å²) in [5.74, 6) is 0. The second-order valence-corrected chi connectivity index (χ2v) is 4.61. The van der Waals surface area contributed by atoms with E-state index in [2.05, 4.69) is 41.9 Å². The van der Waals surface area contributed by atoms with Crippen molar-refractivity contribution >= 4 is 0 Å². The third-order valence-electron chi connectivity index (χ3n) is 3.17. The van der Waals surface area contributed by atoms with E-state index in [1.165, 1.54) is 19.3 Å². The van der Waals surface area contributed by atoms with Crippen molar-refractivity contribution in [1.29, 1.82) is 0 Å². The molecule has 0 saturated carbocycles. The summed E-state index contributed by atoms with van der Waals surface area (Å²) in [6.07, 6.45) is 3.89. The summed E-state index contributed by atoms with van der Waals surface area (Å²) in [6.45, 7) is 6.94. The molecule has 0 spiro atoms. The molecule has 0 radical (unpaired) electrons. The summed E-state index contributed by atoms with van der Waals surface area (Å²) in [6, 6.07) is 0. The highest BCUT2D eigenvalue weighted by Gasteiger charge is 2.34. The fourth-order valence-electron chi connectivity index (χ4n) is 1.53. The average molecular weight is 158 g/mol. The van der Waals surface area contributed by atoms with Gasteiger partial charge in [0.2, 0.25) is 0 Å². The Morgan fingerprint density at radius 3 is 1.64 bits per heavy atom. The first-order valence-corrected chi connectivity index (χ1v) is 4.69. The molecule has 1 heteroatoms. The molecule has 0 saturated heterocycles. The quantitative estimate of drug-likeness (QED) is 0.552. The first kappa shape index (κ1) is 11.0. The Morgan fingerprint density at radius 2 is 1.55 bits per heavy atom. The average Bonchev–Trinajstić information content (AvgIpc) is 1.86. The Balaban J connectivity index is 4.33. The minimum atomic E-state index is 0.467. The standard InChI is InChI=1S/C10H24N/c1-7-9-10(3,8-2)11(4,5)6/h7-9H2,1-6H3/q+1. The van der Waals surface area contributed by atoms with E-state index in [-0.39, 0.29) is 0 Å². The molecule has 0 N–H and O–H groups in total. The van der Waals surface area contributed by atoms with Crippen molar-refractivity contribution in [2.24, 2.45) is 0 Å². The summed E-state index contributed by atoms with van der Waals surface area (Å²) >= 11 is 0. The Bertz CT molecular complexity index is 113. The molecule has 1 unspecified atom stereocenters. The summed E-state index contributed by atoms with van der Waals surface area (Å²) in [7, 11) is 6.87. The van der Waals surface area contributed by atoms with Gasteiger partial charge in [-0.3, -0.25) is 0 Å². The Hall–Kier alpha value is -0.0400. The van der Waals surface area contributed by atoms with Crippen LogP contribution < -0.4 is 0 Å². The molecule has 0 aromatic carbocycles. The number of rotatable bonds is 4. The minimum Gasteiger partial charge on any atom is -0.326 e. The first-order chi connectivity index (χ1) is 4.87. The van der Waals surface area contributed by atoms with Crippen LogP contribution in [0.5, 0.6) is 0 Å². The van der Waals surface area contributed by atoms with Crippen LogP contribution in [0, 0.1) is 0 Å². The molecule has 1 atom stereocenters. The van der Waals surface area contributed by atoms with Crippen LogP contribution in [0.2, 0.25) is 0 Å². The molecule has 11 heavy (non-hydrogen) atoms. The molecule has 0 rings (SSSR count). The summed E-state index contributed by atoms with van der Waals surface area (Å²) < 4.78 is 1.08. The molecule has 0 amide bonds. The molecule has 0 aromatic rings. The summed E-state index contributed by atoms with van der Waals surface area (Å²) in [4.78, 5) is 0. The Kier molecular flexibility index (Phi) is 3.56. The second-order valence-electron chi connectivity index (χ2n) is 4.61. The monoisotopic (exact) mass is 158 g/mol. The zero-order valence-corrected chi connectivity index (χ0v) is 9.07. The van der Waals surface area contributed by atoms with Gasteiger partial charge in [0.1, 0.15) is 0 Å². The molecule has 0 fully saturated rings. The maximum absolute atomic E-state index is 2.39. The minimum absolute atomic E-state index is 0.467. The molecule has 0 aliphatic heterocycles. The highest BCUT2D eigenvalue weighted by molar-refractivity contribution is 4.71. The van der Waals surface area contributed by atoms with Gasteiger partial charge in [0.25, 0.3) is 0 Å². The maximum atomic E-state index is 2.39. The van der Waals surface area contributed by atoms with E-state index in [0.717, 1.165) is 4.48 Å². The highest BCUT2D eigenvalue weighted by atomic mass is 15.3. The molecule has 0 aliphatic rings. The van der Waals surface area contributed by atoms with Crippen molar-refractivity contribution in [1.82, 2.24) is 0 Å². The van der Waals surface area contributed by atoms with Gasteiger partial charge >= 0.3 is 0 Å². The zero-order chi connectivity index (χ0) is 9.12. The van der Waals surface area contributed by atoms with Crippen LogP contribution in [0.15, 0.2) is 0 Å². The molecular weight excluding hydrogens is 134 g/mol. The number of nitrogens with zero attached hydrogens (tertiary/aromatic N) is 1. The van der Waals surface area contributed by atoms with Crippen molar-refractivity contribution < 1.29 is 4.48 Å². The van der Waals surface area contributed by atoms with Crippen LogP contribution in [0.1, 0.15) is 40.0 Å². The van der Waals surface area contributed by atoms with Gasteiger partial charge in [-0.05, 0) is 13.3 Å². The van der Waals surface area contributed by atoms with Gasteiger partial charge in [-0.1, -0.05) is 20.3 Å². The summed E-state index contributed by atoms with van der Waals surface area (Å²) in [5, 5.41) is 0. The lowest BCUT2D eigenvalue weighted by Gasteiger charge is -2.43. The zero-order valence-electron chi connectivity index (χ0n) is 9.07. The normalized spacial score (nSPS) is 18.0. The van der Waals surface area contributed by atoms with Crippen molar-refractivity contribution in [2.45, 2.75) is 45.6 Å². The third-order valence-corrected chi connectivity index (χ3v) is 3.17. The number of hydrogen-bond donors (Lipinski definition) is 0. The molecule has 0 aliphatic carbocycles. The molecule has 68 valence electrons. The van der Waals surface area contributed by atoms with Crippen LogP contribution in [-0.4, -0.2) is 31.2 Å². The fraction of sp³-hybridized carbons (Fsp3) is 1.00. The van der Waals surface area contributed by atoms with Crippen LogP contribution in [0.4, 0.5) is 0 Å². The van der Waals surface area contributed by atoms with E-state index in [4.69, 9.17) is 0 Å². The highest BCUT2D eigenvalue weighted by Crippen LogP contribution is 2.27. The predicted octanol–water partition coefficient (Wildman–Crippen LogP) is 2.66. The van der Waals surface area contributed by atoms with E-state index in [1.54, 1.807) is 0 Å². The third kappa shape index (κ3) is 2.48. The van der Waals surface area contributed by atoms with Gasteiger partial charge in [0.15, 0.2) is 0 Å². The van der Waals surface area contributed by atoms with Crippen LogP contribution in [0.25, 0.3) is 0 Å². The van der Waals surface area contributed by atoms with Gasteiger partial charge in [0, 0.05) is 6.42 Å². The SMILES string of the molecule is CCCC(C)(CC)[N+](C)(C)C. The van der Waals surface area contributed by atoms with Crippen LogP contribution in [0.3, 0.4) is 0 Å². The van der Waals surface area contributed by atoms with Crippen molar-refractivity contribution in [2.75, 3.05) is 21.1 Å². The van der Waals surface area contributed by atoms with Crippen molar-refractivity contribution in [3.05, 3.63) is 0 Å². The Labute approximate surface area is 72.0 Å². The topological polar surface area (TPSA) is 0 Å². The van der Waals surface area contributed by atoms with Gasteiger partial charge in [-0.15, -0.1) is 0 Å². The van der Waals surface area contributed by atoms with E-state index in [9.17, 15) is 0 Å². The lowest BCUT2D eigenvalue weighted by Crippen LogP contribution is -2.54. The van der Waals surface area contributed by atoms with E-state index in [1.807, 2.05) is 0 Å². The smallest absolute Gasteiger partial charge is 0.0955 e. The van der Waals surface area contributed by atoms with E-state index < -0.39 is 0 Å². The van der Waals surface area contributed by atoms with Crippen LogP contribution >= 0.6 is 0 Å². The molecule has 0 heterocycles. The van der Waals surface area contributed by atoms with Gasteiger partial charge in [-0.2, -0.15) is 0 Å². The predicted molar refractivity (Wildman–Crippen MR) is 51.6 cm³/mol. The number of quaternary nitrogens is 1. The van der Waals surface area contributed by atoms with Gasteiger partial charge in [0.05, 0.1) is 26.7 Å². The van der Waals surface area contributed by atoms with Crippen molar-refractivity contribution in [3.63, 3.8) is 0 Å². The fourth-order valence-corrected chi connectivity index (χ4v) is 1.53. The first-order valence-electron chi connectivity index (χ1n) is 4.69. The molecule has 1 nitrogen and oxygen atoms in total. The van der Waals surface area contributed by atoms with Gasteiger partial charge < -0.3 is 4.48 Å². The largest absolute Gasteiger partial charge is 0.326 e. The van der Waals surface area contributed by atoms with Gasteiger partial charge in [-0.25, -0.2) is 0 Å². The molecular formula is C10H24N+. The number of hydrogen-bond acceptors (Lipinski definition) is 0. The lowest BCUT2D eigenvalue weighted by molar-refractivity contribution is -0.922. The second kappa shape index (κ2) is 3.57. The van der Waals surface area contributed by atoms with E-state index >= 15 is 0 Å². The maximum Gasteiger partial charge on any atom is 0.0955 e. The summed E-state index contributed by atoms with van der Waals surface area (Å²) in [5.41, 5.74) is 0.467. The van der Waals surface area contributed by atoms with E-state index in [0.29, 0.717) is 5.54 Å². The molecule has 0 bridgehead atoms.